The molecular weight excluding hydrogens is 464 g/mol. The normalized spacial score (nSPS) is 22.5. The third kappa shape index (κ3) is 3.64. The van der Waals surface area contributed by atoms with E-state index in [1.807, 2.05) is 17.0 Å². The number of carbonyl (C=O) groups excluding carboxylic acids is 2. The molecule has 2 fully saturated rings. The Morgan fingerprint density at radius 1 is 0.919 bits per heavy atom. The van der Waals surface area contributed by atoms with E-state index in [4.69, 9.17) is 4.74 Å². The highest BCUT2D eigenvalue weighted by Gasteiger charge is 2.44. The average molecular weight is 493 g/mol. The Balaban J connectivity index is 1.08. The number of hydrogen-bond donors (Lipinski definition) is 0. The van der Waals surface area contributed by atoms with Crippen molar-refractivity contribution < 1.29 is 14.3 Å². The number of nitrogens with zero attached hydrogens (tertiary/aromatic N) is 4. The highest BCUT2D eigenvalue weighted by atomic mass is 16.6. The van der Waals surface area contributed by atoms with Gasteiger partial charge in [0, 0.05) is 36.3 Å². The molecule has 0 spiro atoms. The van der Waals surface area contributed by atoms with Crippen molar-refractivity contribution in [3.05, 3.63) is 89.9 Å². The summed E-state index contributed by atoms with van der Waals surface area (Å²) in [5.41, 5.74) is 6.02. The summed E-state index contributed by atoms with van der Waals surface area (Å²) < 4.78 is 7.66. The maximum Gasteiger partial charge on any atom is 0.410 e. The second kappa shape index (κ2) is 8.83. The van der Waals surface area contributed by atoms with E-state index in [9.17, 15) is 9.59 Å². The minimum atomic E-state index is -0.250. The maximum atomic E-state index is 13.5. The number of ether oxygens (including phenoxy) is 1. The Bertz CT molecular complexity index is 1450. The van der Waals surface area contributed by atoms with Gasteiger partial charge in [-0.1, -0.05) is 48.5 Å². The van der Waals surface area contributed by atoms with Gasteiger partial charge in [-0.3, -0.25) is 4.79 Å². The lowest BCUT2D eigenvalue weighted by Gasteiger charge is -2.47. The van der Waals surface area contributed by atoms with Gasteiger partial charge >= 0.3 is 6.09 Å². The lowest BCUT2D eigenvalue weighted by atomic mass is 9.76. The van der Waals surface area contributed by atoms with Crippen molar-refractivity contribution in [2.45, 2.75) is 50.1 Å². The lowest BCUT2D eigenvalue weighted by molar-refractivity contribution is 0.00653. The molecule has 0 radical (unpaired) electrons. The number of rotatable bonds is 4. The Morgan fingerprint density at radius 2 is 1.59 bits per heavy atom. The van der Waals surface area contributed by atoms with Crippen LogP contribution in [-0.2, 0) is 4.74 Å². The van der Waals surface area contributed by atoms with Crippen LogP contribution in [0.25, 0.3) is 16.8 Å². The topological polar surface area (TPSA) is 76.8 Å². The molecule has 2 saturated heterocycles. The van der Waals surface area contributed by atoms with Gasteiger partial charge in [-0.25, -0.2) is 14.3 Å². The molecule has 7 rings (SSSR count). The molecule has 37 heavy (non-hydrogen) atoms. The fraction of sp³-hybridized carbons (Fsp3) is 0.333. The zero-order valence-electron chi connectivity index (χ0n) is 20.5. The maximum absolute atomic E-state index is 13.5. The van der Waals surface area contributed by atoms with Crippen LogP contribution in [-0.4, -0.2) is 50.1 Å². The molecule has 7 nitrogen and oxygen atoms in total. The number of benzene rings is 2. The zero-order valence-corrected chi connectivity index (χ0v) is 20.5. The molecule has 2 atom stereocenters. The number of amides is 1. The number of hydrogen-bond acceptors (Lipinski definition) is 5. The van der Waals surface area contributed by atoms with Crippen LogP contribution in [0, 0.1) is 5.92 Å². The van der Waals surface area contributed by atoms with Crippen LogP contribution in [0.4, 0.5) is 4.79 Å². The minimum Gasteiger partial charge on any atom is -0.448 e. The molecule has 2 unspecified atom stereocenters. The molecule has 0 N–H and O–H groups in total. The van der Waals surface area contributed by atoms with Crippen molar-refractivity contribution in [1.29, 1.82) is 0 Å². The summed E-state index contributed by atoms with van der Waals surface area (Å²) >= 11 is 0. The quantitative estimate of drug-likeness (QED) is 0.352. The summed E-state index contributed by atoms with van der Waals surface area (Å²) in [7, 11) is 0. The van der Waals surface area contributed by atoms with Crippen molar-refractivity contribution in [3.8, 4) is 11.1 Å². The van der Waals surface area contributed by atoms with E-state index in [1.165, 1.54) is 22.3 Å². The monoisotopic (exact) mass is 492 g/mol. The third-order valence-electron chi connectivity index (χ3n) is 8.44. The summed E-state index contributed by atoms with van der Waals surface area (Å²) in [4.78, 5) is 33.3. The summed E-state index contributed by atoms with van der Waals surface area (Å²) in [5, 5.41) is 4.29. The predicted molar refractivity (Wildman–Crippen MR) is 138 cm³/mol. The summed E-state index contributed by atoms with van der Waals surface area (Å²) in [5.74, 6) is -0.0147. The first-order valence-electron chi connectivity index (χ1n) is 13.1. The summed E-state index contributed by atoms with van der Waals surface area (Å²) in [6, 6.07) is 18.6. The molecule has 2 bridgehead atoms. The molecule has 7 heteroatoms. The van der Waals surface area contributed by atoms with E-state index in [0.29, 0.717) is 30.7 Å². The Kier molecular flexibility index (Phi) is 5.30. The summed E-state index contributed by atoms with van der Waals surface area (Å²) in [6.45, 7) is 0.319. The van der Waals surface area contributed by atoms with Crippen LogP contribution in [0.5, 0.6) is 0 Å². The molecule has 2 aromatic heterocycles. The van der Waals surface area contributed by atoms with E-state index in [1.54, 1.807) is 29.2 Å². The van der Waals surface area contributed by atoms with E-state index < -0.39 is 0 Å². The summed E-state index contributed by atoms with van der Waals surface area (Å²) in [6.07, 6.45) is 9.04. The van der Waals surface area contributed by atoms with E-state index in [2.05, 4.69) is 46.5 Å². The first-order valence-corrected chi connectivity index (χ1v) is 13.1. The number of piperidine rings is 2. The predicted octanol–water partition coefficient (Wildman–Crippen LogP) is 5.49. The first-order chi connectivity index (χ1) is 18.2. The van der Waals surface area contributed by atoms with Crippen molar-refractivity contribution >= 4 is 17.5 Å². The van der Waals surface area contributed by atoms with Gasteiger partial charge in [-0.15, -0.1) is 0 Å². The van der Waals surface area contributed by atoms with Gasteiger partial charge in [0.05, 0.1) is 11.8 Å². The largest absolute Gasteiger partial charge is 0.448 e. The Hall–Kier alpha value is -4.00. The first kappa shape index (κ1) is 22.2. The number of ketones is 1. The molecule has 2 aromatic carbocycles. The number of carbonyl (C=O) groups is 2. The van der Waals surface area contributed by atoms with Gasteiger partial charge < -0.3 is 9.64 Å². The Labute approximate surface area is 215 Å². The number of fused-ring (bicyclic) bond motifs is 6. The molecule has 3 aliphatic rings. The van der Waals surface area contributed by atoms with Gasteiger partial charge in [-0.2, -0.15) is 5.10 Å². The van der Waals surface area contributed by atoms with Gasteiger partial charge in [-0.05, 0) is 60.4 Å². The number of Topliss-reactive ketones (excluding diaryl/α,β-unsaturated/α-hetero) is 1. The highest BCUT2D eigenvalue weighted by Crippen LogP contribution is 2.45. The van der Waals surface area contributed by atoms with Crippen LogP contribution in [0.15, 0.2) is 73.2 Å². The van der Waals surface area contributed by atoms with Crippen molar-refractivity contribution in [1.82, 2.24) is 19.5 Å². The second-order valence-corrected chi connectivity index (χ2v) is 10.4. The average Bonchev–Trinajstić information content (AvgIpc) is 3.50. The molecule has 4 heterocycles. The Morgan fingerprint density at radius 3 is 2.30 bits per heavy atom. The molecular formula is C30H28N4O3. The van der Waals surface area contributed by atoms with Crippen LogP contribution in [0.1, 0.15) is 59.5 Å². The van der Waals surface area contributed by atoms with Crippen LogP contribution in [0.3, 0.4) is 0 Å². The zero-order chi connectivity index (χ0) is 24.9. The number of aromatic nitrogens is 3. The van der Waals surface area contributed by atoms with E-state index in [-0.39, 0.29) is 35.8 Å². The van der Waals surface area contributed by atoms with Gasteiger partial charge in [0.15, 0.2) is 11.4 Å². The molecule has 1 aliphatic carbocycles. The molecule has 0 saturated carbocycles. The van der Waals surface area contributed by atoms with Gasteiger partial charge in [0.2, 0.25) is 0 Å². The smallest absolute Gasteiger partial charge is 0.410 e. The van der Waals surface area contributed by atoms with E-state index in [0.717, 1.165) is 19.3 Å². The van der Waals surface area contributed by atoms with Crippen molar-refractivity contribution in [2.24, 2.45) is 5.92 Å². The van der Waals surface area contributed by atoms with Crippen LogP contribution < -0.4 is 0 Å². The fourth-order valence-electron chi connectivity index (χ4n) is 6.78. The molecule has 186 valence electrons. The van der Waals surface area contributed by atoms with Crippen LogP contribution in [0.2, 0.25) is 0 Å². The van der Waals surface area contributed by atoms with Gasteiger partial charge in [0.25, 0.3) is 0 Å². The second-order valence-electron chi connectivity index (χ2n) is 10.4. The minimum absolute atomic E-state index is 0.0203. The SMILES string of the molecule is O=C(c1cnn2cccnc12)C1CC2CCCC(C1)N2C(=O)OCC1c2ccccc2-c2ccccc21. The van der Waals surface area contributed by atoms with Crippen molar-refractivity contribution in [3.63, 3.8) is 0 Å². The lowest BCUT2D eigenvalue weighted by Crippen LogP contribution is -2.55. The molecule has 2 aliphatic heterocycles. The molecule has 1 amide bonds. The fourth-order valence-corrected chi connectivity index (χ4v) is 6.78. The van der Waals surface area contributed by atoms with Crippen molar-refractivity contribution in [2.75, 3.05) is 6.61 Å². The van der Waals surface area contributed by atoms with Crippen LogP contribution >= 0.6 is 0 Å². The third-order valence-corrected chi connectivity index (χ3v) is 8.44. The standard InChI is InChI=1S/C30H28N4O3/c35-28(26-17-32-33-14-6-13-31-29(26)33)19-15-20-7-5-8-21(16-19)34(20)30(36)37-18-27-24-11-3-1-9-22(24)23-10-2-4-12-25(23)27/h1-4,6,9-14,17,19-21,27H,5,7-8,15-16,18H2. The van der Waals surface area contributed by atoms with Gasteiger partial charge in [0.1, 0.15) is 6.61 Å². The highest BCUT2D eigenvalue weighted by molar-refractivity contribution is 6.02. The molecule has 4 aromatic rings. The van der Waals surface area contributed by atoms with E-state index >= 15 is 0 Å².